The minimum absolute atomic E-state index is 0. The van der Waals surface area contributed by atoms with Crippen LogP contribution < -0.4 is 0 Å². The Labute approximate surface area is 68.4 Å². The maximum Gasteiger partial charge on any atom is 0.316 e. The van der Waals surface area contributed by atoms with Crippen LogP contribution in [0.2, 0.25) is 0 Å². The van der Waals surface area contributed by atoms with Gasteiger partial charge < -0.3 is 0 Å². The van der Waals surface area contributed by atoms with Crippen LogP contribution in [-0.4, -0.2) is 47.5 Å². The van der Waals surface area contributed by atoms with Gasteiger partial charge in [-0.2, -0.15) is 0 Å². The van der Waals surface area contributed by atoms with Crippen LogP contribution in [0.25, 0.3) is 0 Å². The fourth-order valence-electron chi connectivity index (χ4n) is 0. The molecule has 0 amide bonds. The zero-order valence-electron chi connectivity index (χ0n) is 2.50. The van der Waals surface area contributed by atoms with Crippen LogP contribution >= 0.6 is 0 Å². The molecule has 0 aromatic heterocycles. The Balaban J connectivity index is -0.00000000500. The normalized spacial score (nSPS) is 2.00. The molecule has 4 heavy (non-hydrogen) atoms. The van der Waals surface area contributed by atoms with E-state index in [2.05, 4.69) is 0 Å². The summed E-state index contributed by atoms with van der Waals surface area (Å²) in [6.07, 6.45) is 0. The molecule has 0 aromatic rings. The molecule has 0 saturated heterocycles. The average molecular weight is 134 g/mol. The van der Waals surface area contributed by atoms with Gasteiger partial charge >= 0.3 is 23.1 Å². The Bertz CT molecular complexity index is 8.00. The van der Waals surface area contributed by atoms with Crippen molar-refractivity contribution in [2.45, 2.75) is 0 Å². The van der Waals surface area contributed by atoms with Crippen molar-refractivity contribution in [1.82, 2.24) is 0 Å². The van der Waals surface area contributed by atoms with Crippen molar-refractivity contribution in [3.63, 3.8) is 0 Å². The molecular formula is H7AlMgSiTi. The first kappa shape index (κ1) is 16.3. The standard InChI is InChI=1S/Al.Mg.H3Si.Ti.4H/h;;1H3;;;;;. The largest absolute Gasteiger partial charge is 0.316 e. The maximum atomic E-state index is 1.44. The van der Waals surface area contributed by atoms with E-state index in [1.807, 2.05) is 0 Å². The smallest absolute Gasteiger partial charge is 0.0504 e. The molecule has 0 aliphatic carbocycles. The fraction of sp³-hybridized carbons (Fsp3) is 0. The van der Waals surface area contributed by atoms with Crippen LogP contribution in [0.1, 0.15) is 0 Å². The molecule has 0 rings (SSSR count). The molecule has 0 spiro atoms. The van der Waals surface area contributed by atoms with Crippen LogP contribution in [0.5, 0.6) is 0 Å². The second-order valence-corrected chi connectivity index (χ2v) is 0. The third kappa shape index (κ3) is 8.87. The molecule has 0 aliphatic heterocycles. The molecule has 0 N–H and O–H groups in total. The molecule has 20 valence electrons. The van der Waals surface area contributed by atoms with Crippen LogP contribution in [-0.2, 0) is 21.7 Å². The molecule has 4 heteroatoms. The Morgan fingerprint density at radius 1 is 1.25 bits per heavy atom. The van der Waals surface area contributed by atoms with Gasteiger partial charge in [-0.1, -0.05) is 8.80 Å². The second kappa shape index (κ2) is 18.8. The minimum atomic E-state index is 0. The van der Waals surface area contributed by atoms with E-state index in [1.165, 1.54) is 24.4 Å². The van der Waals surface area contributed by atoms with Crippen molar-refractivity contribution in [3.8, 4) is 0 Å². The van der Waals surface area contributed by atoms with Gasteiger partial charge in [0.25, 0.3) is 0 Å². The molecule has 0 aliphatic rings. The number of hydrogen-bond acceptors (Lipinski definition) is 0. The average Bonchev–Trinajstić information content (AvgIpc) is 1.00. The number of hydrogen-bond donors (Lipinski definition) is 0. The monoisotopic (exact) mass is 134 g/mol. The minimum Gasteiger partial charge on any atom is -0.0504 e. The summed E-state index contributed by atoms with van der Waals surface area (Å²) in [7, 11) is 1.44. The molecule has 0 aromatic carbocycles. The molecule has 0 heterocycles. The molecule has 0 bridgehead atoms. The Kier molecular flexibility index (Phi) is 76.8. The van der Waals surface area contributed by atoms with E-state index in [9.17, 15) is 0 Å². The van der Waals surface area contributed by atoms with E-state index >= 15 is 0 Å². The zero-order valence-corrected chi connectivity index (χ0v) is 8.06. The zero-order chi connectivity index (χ0) is 2.00. The van der Waals surface area contributed by atoms with Gasteiger partial charge in [-0.15, -0.1) is 0 Å². The van der Waals surface area contributed by atoms with Gasteiger partial charge in [0.1, 0.15) is 0 Å². The predicted molar refractivity (Wildman–Crippen MR) is 27.0 cm³/mol. The summed E-state index contributed by atoms with van der Waals surface area (Å²) in [5.41, 5.74) is 0. The number of rotatable bonds is 0. The van der Waals surface area contributed by atoms with Crippen molar-refractivity contribution in [1.29, 1.82) is 0 Å². The quantitative estimate of drug-likeness (QED) is 0.309. The topological polar surface area (TPSA) is 0 Å². The van der Waals surface area contributed by atoms with Crippen molar-refractivity contribution < 1.29 is 21.7 Å². The molecule has 0 atom stereocenters. The first-order valence-corrected chi connectivity index (χ1v) is 9.00. The molecule has 0 unspecified atom stereocenters. The van der Waals surface area contributed by atoms with E-state index < -0.39 is 0 Å². The maximum absolute atomic E-state index is 1.44. The summed E-state index contributed by atoms with van der Waals surface area (Å²) in [6, 6.07) is 0. The van der Waals surface area contributed by atoms with E-state index in [0.29, 0.717) is 0 Å². The van der Waals surface area contributed by atoms with Gasteiger partial charge in [-0.05, 0) is 0 Å². The van der Waals surface area contributed by atoms with Gasteiger partial charge in [0, 0.05) is 21.7 Å². The summed E-state index contributed by atoms with van der Waals surface area (Å²) in [6.45, 7) is 0. The van der Waals surface area contributed by atoms with Gasteiger partial charge in [-0.25, -0.2) is 0 Å². The van der Waals surface area contributed by atoms with Crippen LogP contribution in [0, 0.1) is 0 Å². The van der Waals surface area contributed by atoms with Crippen LogP contribution in [0.3, 0.4) is 0 Å². The summed E-state index contributed by atoms with van der Waals surface area (Å²) in [5, 5.41) is 0. The molecule has 0 nitrogen and oxygen atoms in total. The van der Waals surface area contributed by atoms with Gasteiger partial charge in [0.15, 0.2) is 15.6 Å². The van der Waals surface area contributed by atoms with Crippen molar-refractivity contribution in [2.24, 2.45) is 0 Å². The molecule has 0 radical (unpaired) electrons. The van der Waals surface area contributed by atoms with Crippen molar-refractivity contribution >= 4 is 47.5 Å². The molecule has 0 fully saturated rings. The summed E-state index contributed by atoms with van der Waals surface area (Å²) >= 11 is 1.44. The van der Waals surface area contributed by atoms with Gasteiger partial charge in [0.2, 0.25) is 0 Å². The second-order valence-electron chi connectivity index (χ2n) is 0. The summed E-state index contributed by atoms with van der Waals surface area (Å²) in [5.74, 6) is 0. The Hall–Kier alpha value is 2.23. The first-order valence-electron chi connectivity index (χ1n) is 1.00. The van der Waals surface area contributed by atoms with Crippen molar-refractivity contribution in [2.75, 3.05) is 0 Å². The van der Waals surface area contributed by atoms with E-state index in [-0.39, 0.29) is 44.8 Å². The van der Waals surface area contributed by atoms with Crippen LogP contribution in [0.4, 0.5) is 0 Å². The SMILES string of the molecule is [AlH2][SiH3].[MgH2].[Ti]. The van der Waals surface area contributed by atoms with E-state index in [0.717, 1.165) is 0 Å². The fourth-order valence-corrected chi connectivity index (χ4v) is 0. The van der Waals surface area contributed by atoms with Gasteiger partial charge in [-0.3, -0.25) is 0 Å². The van der Waals surface area contributed by atoms with Crippen LogP contribution in [0.15, 0.2) is 0 Å². The third-order valence-electron chi connectivity index (χ3n) is 0. The Morgan fingerprint density at radius 2 is 1.25 bits per heavy atom. The molecular weight excluding hydrogens is 127 g/mol. The van der Waals surface area contributed by atoms with Gasteiger partial charge in [0.05, 0.1) is 0 Å². The summed E-state index contributed by atoms with van der Waals surface area (Å²) in [4.78, 5) is 0. The Morgan fingerprint density at radius 3 is 1.25 bits per heavy atom. The van der Waals surface area contributed by atoms with E-state index in [4.69, 9.17) is 0 Å². The molecule has 0 saturated carbocycles. The van der Waals surface area contributed by atoms with E-state index in [1.54, 1.807) is 0 Å². The van der Waals surface area contributed by atoms with Crippen molar-refractivity contribution in [3.05, 3.63) is 0 Å². The first-order chi connectivity index (χ1) is 1.00. The predicted octanol–water partition coefficient (Wildman–Crippen LogP) is -3.02. The third-order valence-corrected chi connectivity index (χ3v) is 0. The summed E-state index contributed by atoms with van der Waals surface area (Å²) < 4.78 is 0.